The fraction of sp³-hybridized carbons (Fsp3) is 0.833. The number of urea groups is 1. The van der Waals surface area contributed by atoms with E-state index in [1.807, 2.05) is 0 Å². The van der Waals surface area contributed by atoms with Gasteiger partial charge < -0.3 is 10.6 Å². The third-order valence-corrected chi connectivity index (χ3v) is 3.12. The van der Waals surface area contributed by atoms with E-state index in [2.05, 4.69) is 27.8 Å². The largest absolute Gasteiger partial charge is 0.341 e. The molecule has 1 atom stereocenters. The highest BCUT2D eigenvalue weighted by molar-refractivity contribution is 5.95. The van der Waals surface area contributed by atoms with E-state index in [1.54, 1.807) is 0 Å². The predicted octanol–water partition coefficient (Wildman–Crippen LogP) is -0.0940. The van der Waals surface area contributed by atoms with E-state index in [4.69, 9.17) is 0 Å². The van der Waals surface area contributed by atoms with Gasteiger partial charge in [0, 0.05) is 19.6 Å². The van der Waals surface area contributed by atoms with Crippen LogP contribution in [0, 0.1) is 0 Å². The van der Waals surface area contributed by atoms with E-state index in [0.717, 1.165) is 38.9 Å². The molecule has 1 saturated heterocycles. The fourth-order valence-electron chi connectivity index (χ4n) is 2.24. The lowest BCUT2D eigenvalue weighted by atomic mass is 10.1. The molecule has 0 aromatic rings. The summed E-state index contributed by atoms with van der Waals surface area (Å²) >= 11 is 0. The maximum atomic E-state index is 11.7. The highest BCUT2D eigenvalue weighted by Crippen LogP contribution is 2.10. The topological polar surface area (TPSA) is 73.5 Å². The summed E-state index contributed by atoms with van der Waals surface area (Å²) in [7, 11) is 1.50. The number of amides is 3. The fourth-order valence-corrected chi connectivity index (χ4v) is 2.24. The van der Waals surface area contributed by atoms with E-state index >= 15 is 0 Å². The number of carbonyl (C=O) groups is 2. The van der Waals surface area contributed by atoms with Gasteiger partial charge in [0.2, 0.25) is 5.91 Å². The molecule has 18 heavy (non-hydrogen) atoms. The SMILES string of the molecule is CCCN(CC(=O)NC(=O)NC)C1CCCNC1. The van der Waals surface area contributed by atoms with Crippen LogP contribution in [0.1, 0.15) is 26.2 Å². The molecule has 0 aliphatic carbocycles. The highest BCUT2D eigenvalue weighted by Gasteiger charge is 2.22. The number of hydrogen-bond donors (Lipinski definition) is 3. The van der Waals surface area contributed by atoms with Gasteiger partial charge in [0.15, 0.2) is 0 Å². The molecule has 1 heterocycles. The van der Waals surface area contributed by atoms with Gasteiger partial charge in [-0.25, -0.2) is 4.79 Å². The second-order valence-corrected chi connectivity index (χ2v) is 4.60. The smallest absolute Gasteiger partial charge is 0.321 e. The van der Waals surface area contributed by atoms with E-state index < -0.39 is 6.03 Å². The third-order valence-electron chi connectivity index (χ3n) is 3.12. The monoisotopic (exact) mass is 256 g/mol. The first-order valence-corrected chi connectivity index (χ1v) is 6.63. The van der Waals surface area contributed by atoms with Crippen molar-refractivity contribution in [1.29, 1.82) is 0 Å². The van der Waals surface area contributed by atoms with Crippen molar-refractivity contribution in [3.05, 3.63) is 0 Å². The molecule has 1 aliphatic heterocycles. The van der Waals surface area contributed by atoms with Gasteiger partial charge in [-0.3, -0.25) is 15.0 Å². The van der Waals surface area contributed by atoms with E-state index in [-0.39, 0.29) is 12.5 Å². The quantitative estimate of drug-likeness (QED) is 0.642. The zero-order chi connectivity index (χ0) is 13.4. The average Bonchev–Trinajstić information content (AvgIpc) is 2.39. The molecule has 0 radical (unpaired) electrons. The molecule has 0 aromatic heterocycles. The van der Waals surface area contributed by atoms with Crippen LogP contribution in [0.5, 0.6) is 0 Å². The van der Waals surface area contributed by atoms with Crippen molar-refractivity contribution in [2.45, 2.75) is 32.2 Å². The lowest BCUT2D eigenvalue weighted by Crippen LogP contribution is -2.51. The number of carbonyl (C=O) groups excluding carboxylic acids is 2. The first-order chi connectivity index (χ1) is 8.67. The summed E-state index contributed by atoms with van der Waals surface area (Å²) in [6.45, 7) is 5.25. The van der Waals surface area contributed by atoms with Crippen molar-refractivity contribution in [3.63, 3.8) is 0 Å². The number of piperidine rings is 1. The van der Waals surface area contributed by atoms with Gasteiger partial charge in [-0.05, 0) is 32.4 Å². The zero-order valence-electron chi connectivity index (χ0n) is 11.3. The highest BCUT2D eigenvalue weighted by atomic mass is 16.2. The van der Waals surface area contributed by atoms with Crippen LogP contribution in [-0.4, -0.2) is 56.1 Å². The molecule has 3 N–H and O–H groups in total. The molecule has 1 rings (SSSR count). The van der Waals surface area contributed by atoms with Gasteiger partial charge in [-0.2, -0.15) is 0 Å². The maximum absolute atomic E-state index is 11.7. The minimum Gasteiger partial charge on any atom is -0.341 e. The Bertz CT molecular complexity index is 277. The number of nitrogens with one attached hydrogen (secondary N) is 3. The molecule has 3 amide bonds. The zero-order valence-corrected chi connectivity index (χ0v) is 11.3. The second kappa shape index (κ2) is 8.05. The average molecular weight is 256 g/mol. The molecule has 0 aromatic carbocycles. The van der Waals surface area contributed by atoms with Crippen molar-refractivity contribution >= 4 is 11.9 Å². The Morgan fingerprint density at radius 3 is 2.78 bits per heavy atom. The third kappa shape index (κ3) is 5.01. The first kappa shape index (κ1) is 14.9. The van der Waals surface area contributed by atoms with Crippen molar-refractivity contribution < 1.29 is 9.59 Å². The van der Waals surface area contributed by atoms with E-state index in [0.29, 0.717) is 6.04 Å². The Morgan fingerprint density at radius 2 is 2.22 bits per heavy atom. The molecule has 0 spiro atoms. The summed E-state index contributed by atoms with van der Waals surface area (Å²) < 4.78 is 0. The van der Waals surface area contributed by atoms with Gasteiger partial charge in [0.05, 0.1) is 6.54 Å². The van der Waals surface area contributed by atoms with Gasteiger partial charge >= 0.3 is 6.03 Å². The van der Waals surface area contributed by atoms with Crippen LogP contribution in [0.25, 0.3) is 0 Å². The summed E-state index contributed by atoms with van der Waals surface area (Å²) in [4.78, 5) is 24.9. The Hall–Kier alpha value is -1.14. The lowest BCUT2D eigenvalue weighted by Gasteiger charge is -2.33. The molecule has 6 heteroatoms. The van der Waals surface area contributed by atoms with Crippen molar-refractivity contribution in [1.82, 2.24) is 20.9 Å². The Kier molecular flexibility index (Phi) is 6.67. The molecule has 0 saturated carbocycles. The Balaban J connectivity index is 2.45. The van der Waals surface area contributed by atoms with E-state index in [9.17, 15) is 9.59 Å². The van der Waals surface area contributed by atoms with Crippen molar-refractivity contribution in [2.24, 2.45) is 0 Å². The van der Waals surface area contributed by atoms with Crippen molar-refractivity contribution in [2.75, 3.05) is 33.2 Å². The van der Waals surface area contributed by atoms with Gasteiger partial charge in [-0.1, -0.05) is 6.92 Å². The van der Waals surface area contributed by atoms with E-state index in [1.165, 1.54) is 7.05 Å². The maximum Gasteiger partial charge on any atom is 0.321 e. The molecule has 104 valence electrons. The van der Waals surface area contributed by atoms with Crippen LogP contribution < -0.4 is 16.0 Å². The summed E-state index contributed by atoms with van der Waals surface area (Å²) in [5, 5.41) is 8.03. The van der Waals surface area contributed by atoms with Crippen LogP contribution in [0.2, 0.25) is 0 Å². The second-order valence-electron chi connectivity index (χ2n) is 4.60. The molecular formula is C12H24N4O2. The summed E-state index contributed by atoms with van der Waals surface area (Å²) in [6.07, 6.45) is 3.26. The molecule has 6 nitrogen and oxygen atoms in total. The number of imide groups is 1. The lowest BCUT2D eigenvalue weighted by molar-refractivity contribution is -0.121. The molecule has 1 aliphatic rings. The Labute approximate surface area is 108 Å². The first-order valence-electron chi connectivity index (χ1n) is 6.63. The Morgan fingerprint density at radius 1 is 1.44 bits per heavy atom. The molecular weight excluding hydrogens is 232 g/mol. The van der Waals surface area contributed by atoms with Crippen LogP contribution in [-0.2, 0) is 4.79 Å². The minimum absolute atomic E-state index is 0.242. The van der Waals surface area contributed by atoms with Crippen LogP contribution in [0.3, 0.4) is 0 Å². The van der Waals surface area contributed by atoms with Gasteiger partial charge in [0.1, 0.15) is 0 Å². The van der Waals surface area contributed by atoms with Gasteiger partial charge in [-0.15, -0.1) is 0 Å². The minimum atomic E-state index is -0.446. The summed E-state index contributed by atoms with van der Waals surface area (Å²) in [5.74, 6) is -0.242. The van der Waals surface area contributed by atoms with Crippen LogP contribution in [0.4, 0.5) is 4.79 Å². The van der Waals surface area contributed by atoms with Gasteiger partial charge in [0.25, 0.3) is 0 Å². The summed E-state index contributed by atoms with van der Waals surface area (Å²) in [6, 6.07) is -0.0487. The van der Waals surface area contributed by atoms with Crippen molar-refractivity contribution in [3.8, 4) is 0 Å². The number of hydrogen-bond acceptors (Lipinski definition) is 4. The van der Waals surface area contributed by atoms with Crippen LogP contribution in [0.15, 0.2) is 0 Å². The number of nitrogens with zero attached hydrogens (tertiary/aromatic N) is 1. The number of rotatable bonds is 5. The standard InChI is InChI=1S/C12H24N4O2/c1-3-7-16(10-5-4-6-14-8-10)9-11(17)15-12(18)13-2/h10,14H,3-9H2,1-2H3,(H2,13,15,17,18). The normalized spacial score (nSPS) is 19.6. The summed E-state index contributed by atoms with van der Waals surface area (Å²) in [5.41, 5.74) is 0. The molecule has 1 fully saturated rings. The van der Waals surface area contributed by atoms with Crippen LogP contribution >= 0.6 is 0 Å². The molecule has 0 bridgehead atoms. The molecule has 1 unspecified atom stereocenters. The predicted molar refractivity (Wildman–Crippen MR) is 70.4 cm³/mol.